The number of carboxylic acid groups (broad SMARTS) is 2. The molecule has 7 N–H and O–H groups in total. The Morgan fingerprint density at radius 2 is 1.13 bits per heavy atom. The highest BCUT2D eigenvalue weighted by atomic mass is 35.5. The van der Waals surface area contributed by atoms with Gasteiger partial charge in [-0.15, -0.1) is 70.2 Å². The summed E-state index contributed by atoms with van der Waals surface area (Å²) < 4.78 is 0. The van der Waals surface area contributed by atoms with E-state index in [9.17, 15) is 28.8 Å². The number of thioether (sulfide) groups is 2. The van der Waals surface area contributed by atoms with E-state index in [0.717, 1.165) is 12.8 Å². The maximum absolute atomic E-state index is 11.9. The average Bonchev–Trinajstić information content (AvgIpc) is 3.72. The van der Waals surface area contributed by atoms with Gasteiger partial charge in [0.05, 0.1) is 25.9 Å². The predicted molar refractivity (Wildman–Crippen MR) is 276 cm³/mol. The number of thiazole rings is 2. The van der Waals surface area contributed by atoms with Gasteiger partial charge in [-0.1, -0.05) is 14.4 Å². The molecule has 2 fully saturated rings. The number of Topliss-reactive ketones (excluding diaryl/α,β-unsaturated/α-hetero) is 2. The Morgan fingerprint density at radius 1 is 0.738 bits per heavy atom. The highest BCUT2D eigenvalue weighted by Gasteiger charge is 2.48. The lowest BCUT2D eigenvalue weighted by atomic mass is 10.0. The third-order valence-corrected chi connectivity index (χ3v) is 28.0. The molecule has 2 aromatic rings. The van der Waals surface area contributed by atoms with E-state index in [2.05, 4.69) is 53.0 Å². The van der Waals surface area contributed by atoms with Gasteiger partial charge in [0.15, 0.2) is 17.9 Å². The van der Waals surface area contributed by atoms with Crippen LogP contribution < -0.4 is 16.8 Å². The number of carboxylic acids is 2. The molecule has 0 unspecified atom stereocenters. The van der Waals surface area contributed by atoms with Gasteiger partial charge in [-0.3, -0.25) is 29.2 Å². The molecule has 0 aromatic carbocycles. The Kier molecular flexibility index (Phi) is 27.7. The molecule has 2 aliphatic carbocycles. The first kappa shape index (κ1) is 58.3. The minimum Gasteiger partial charge on any atom is -0.480 e. The van der Waals surface area contributed by atoms with Gasteiger partial charge in [-0.25, -0.2) is 19.6 Å². The van der Waals surface area contributed by atoms with Crippen LogP contribution in [0.25, 0.3) is 0 Å². The van der Waals surface area contributed by atoms with Gasteiger partial charge in [0.1, 0.15) is 42.1 Å². The topological polar surface area (TPSA) is 252 Å². The van der Waals surface area contributed by atoms with Gasteiger partial charge in [-0.2, -0.15) is 0 Å². The minimum absolute atomic E-state index is 0. The Morgan fingerprint density at radius 3 is 1.48 bits per heavy atom. The molecule has 4 heterocycles. The lowest BCUT2D eigenvalue weighted by Crippen LogP contribution is -2.28. The first-order valence-electron chi connectivity index (χ1n) is 16.3. The number of amides is 2. The summed E-state index contributed by atoms with van der Waals surface area (Å²) in [5.74, 6) is -1.97. The zero-order chi connectivity index (χ0) is 42.3. The van der Waals surface area contributed by atoms with E-state index in [-0.39, 0.29) is 80.7 Å². The second kappa shape index (κ2) is 29.0. The van der Waals surface area contributed by atoms with E-state index in [4.69, 9.17) is 21.8 Å². The van der Waals surface area contributed by atoms with Crippen LogP contribution in [0.5, 0.6) is 0 Å². The molecule has 2 aliphatic heterocycles. The number of aromatic nitrogens is 2. The van der Waals surface area contributed by atoms with Gasteiger partial charge in [0, 0.05) is 121 Å². The minimum atomic E-state index is -0.947. The fraction of sp³-hybridized carbons (Fsp3) is 0.533. The third-order valence-electron chi connectivity index (χ3n) is 7.99. The SMILES string of the molecule is C.CC1(C(=O)CC(=O)NCc2nc(C3=N[C@H](C(=O)O)CS3)cs2)CC1.Cl.N.O=C(CC(=O)C1(Cl)CC1)NCc1nc(C2=N[C@H](C(=O)O)CS2)cs1.S=S=S=S=S=S=S=S=S=S. The maximum atomic E-state index is 11.9. The van der Waals surface area contributed by atoms with Crippen molar-refractivity contribution in [3.05, 3.63) is 32.2 Å². The van der Waals surface area contributed by atoms with E-state index in [1.165, 1.54) is 64.0 Å². The predicted octanol–water partition coefficient (Wildman–Crippen LogP) is 4.10. The monoisotopic (exact) mass is 1140 g/mol. The van der Waals surface area contributed by atoms with E-state index in [0.29, 0.717) is 55.8 Å². The Labute approximate surface area is 412 Å². The number of rotatable bonds is 14. The quantitative estimate of drug-likeness (QED) is 0.132. The van der Waals surface area contributed by atoms with Crippen molar-refractivity contribution in [2.75, 3.05) is 11.5 Å². The molecule has 0 bridgehead atoms. The summed E-state index contributed by atoms with van der Waals surface area (Å²) in [6.45, 7) is 2.36. The van der Waals surface area contributed by atoms with Crippen molar-refractivity contribution in [2.45, 2.75) is 82.9 Å². The van der Waals surface area contributed by atoms with Crippen molar-refractivity contribution in [3.8, 4) is 0 Å². The largest absolute Gasteiger partial charge is 0.480 e. The lowest BCUT2D eigenvalue weighted by Gasteiger charge is -2.06. The molecule has 340 valence electrons. The standard InChI is InChI=1S/C15H17N3O4S2.C14H14ClN3O4S2.CH4.ClH.H3N.S10/c1-15(2-3-15)10(19)4-11(20)16-5-12-17-8(6-23-12)13-18-9(7-24-13)14(21)22;15-14(1-2-14)9(19)3-10(20)16-4-11-17-7(5-23-11)12-18-8(6-24-12)13(21)22;;;;1-3-5-7-9-10-8-6-4-2/h6,9H,2-5,7H2,1H3,(H,16,20)(H,21,22);5,8H,1-4,6H2,(H,16,20)(H,21,22);1H4;1H;1H3;/t9-;8-;;;;/m00..../s1. The summed E-state index contributed by atoms with van der Waals surface area (Å²) in [7, 11) is 12.7. The number of hydrogen-bond acceptors (Lipinski definition) is 17. The van der Waals surface area contributed by atoms with Crippen molar-refractivity contribution in [1.29, 1.82) is 0 Å². The van der Waals surface area contributed by atoms with Crippen LogP contribution in [-0.2, 0) is 135 Å². The number of halogens is 2. The van der Waals surface area contributed by atoms with Crippen LogP contribution in [0, 0.1) is 5.41 Å². The number of carbonyl (C=O) groups is 6. The smallest absolute Gasteiger partial charge is 0.329 e. The molecule has 15 nitrogen and oxygen atoms in total. The maximum Gasteiger partial charge on any atom is 0.329 e. The second-order valence-electron chi connectivity index (χ2n) is 12.3. The van der Waals surface area contributed by atoms with Gasteiger partial charge >= 0.3 is 11.9 Å². The number of alkyl halides is 1. The molecule has 31 heteroatoms. The highest BCUT2D eigenvalue weighted by Crippen LogP contribution is 2.46. The third kappa shape index (κ3) is 20.1. The summed E-state index contributed by atoms with van der Waals surface area (Å²) in [6, 6.07) is -1.45. The van der Waals surface area contributed by atoms with E-state index < -0.39 is 28.9 Å². The van der Waals surface area contributed by atoms with Crippen molar-refractivity contribution in [2.24, 2.45) is 15.4 Å². The molecule has 4 aliphatic rings. The second-order valence-corrected chi connectivity index (χ2v) is 31.1. The summed E-state index contributed by atoms with van der Waals surface area (Å²) in [5, 5.41) is 29.4. The fourth-order valence-electron chi connectivity index (χ4n) is 4.32. The molecular formula is C30H39Cl2N7O8S14. The number of aliphatic carboxylic acids is 2. The van der Waals surface area contributed by atoms with E-state index in [1.807, 2.05) is 6.92 Å². The van der Waals surface area contributed by atoms with Crippen molar-refractivity contribution in [3.63, 3.8) is 0 Å². The molecule has 6 rings (SSSR count). The van der Waals surface area contributed by atoms with Crippen LogP contribution in [0.15, 0.2) is 20.7 Å². The van der Waals surface area contributed by atoms with Crippen LogP contribution in [0.1, 0.15) is 74.3 Å². The molecule has 0 spiro atoms. The first-order chi connectivity index (χ1) is 27.7. The van der Waals surface area contributed by atoms with Crippen LogP contribution >= 0.6 is 70.2 Å². The molecule has 2 atom stereocenters. The van der Waals surface area contributed by atoms with Gasteiger partial charge in [0.2, 0.25) is 11.8 Å². The fourth-order valence-corrected chi connectivity index (χ4v) is 24.5. The number of ketones is 2. The summed E-state index contributed by atoms with van der Waals surface area (Å²) >= 11 is 20.7. The number of nitrogens with zero attached hydrogens (tertiary/aromatic N) is 4. The Bertz CT molecular complexity index is 2210. The van der Waals surface area contributed by atoms with Crippen molar-refractivity contribution in [1.82, 2.24) is 26.8 Å². The molecule has 2 saturated carbocycles. The van der Waals surface area contributed by atoms with E-state index in [1.54, 1.807) is 64.0 Å². The van der Waals surface area contributed by atoms with Gasteiger partial charge in [-0.05, 0) is 25.7 Å². The van der Waals surface area contributed by atoms with E-state index >= 15 is 0 Å². The summed E-state index contributed by atoms with van der Waals surface area (Å²) in [4.78, 5) is 85.2. The number of aliphatic imine (C=N–C) groups is 2. The molecule has 61 heavy (non-hydrogen) atoms. The molecule has 0 radical (unpaired) electrons. The van der Waals surface area contributed by atoms with Crippen LogP contribution in [0.4, 0.5) is 0 Å². The van der Waals surface area contributed by atoms with Crippen molar-refractivity contribution >= 4 is 209 Å². The van der Waals surface area contributed by atoms with Crippen molar-refractivity contribution < 1.29 is 39.0 Å². The average molecular weight is 1150 g/mol. The number of carbonyl (C=O) groups excluding carboxylic acids is 4. The summed E-state index contributed by atoms with van der Waals surface area (Å²) in [6.07, 6.45) is 2.70. The highest BCUT2D eigenvalue weighted by molar-refractivity contribution is 8.73. The van der Waals surface area contributed by atoms with Crippen LogP contribution in [-0.4, -0.2) is 94.1 Å². The normalized spacial score (nSPS) is 17.8. The number of nitrogens with one attached hydrogen (secondary N) is 2. The molecule has 0 saturated heterocycles. The van der Waals surface area contributed by atoms with Crippen LogP contribution in [0.2, 0.25) is 0 Å². The first-order valence-corrected chi connectivity index (χ1v) is 32.4. The number of hydrogen-bond donors (Lipinski definition) is 5. The molecule has 2 amide bonds. The van der Waals surface area contributed by atoms with Crippen LogP contribution in [0.3, 0.4) is 0 Å². The zero-order valence-corrected chi connectivity index (χ0v) is 43.7. The van der Waals surface area contributed by atoms with Gasteiger partial charge in [0.25, 0.3) is 0 Å². The Balaban J connectivity index is 0.000000482. The Hall–Kier alpha value is -0.740. The molecular weight excluding hydrogens is 1110 g/mol. The lowest BCUT2D eigenvalue weighted by molar-refractivity contribution is -0.138. The van der Waals surface area contributed by atoms with Gasteiger partial charge < -0.3 is 27.0 Å². The summed E-state index contributed by atoms with van der Waals surface area (Å²) in [5.41, 5.74) is 0.968. The zero-order valence-electron chi connectivity index (χ0n) is 30.7. The molecule has 2 aromatic heterocycles.